The number of hydrogen-bond acceptors (Lipinski definition) is 18. The molecule has 0 bridgehead atoms. The number of amides is 1. The predicted octanol–water partition coefficient (Wildman–Crippen LogP) is 12.7. The van der Waals surface area contributed by atoms with Crippen LogP contribution in [-0.2, 0) is 33.2 Å². The number of hydrogen-bond donors (Lipinski definition) is 12. The highest BCUT2D eigenvalue weighted by Gasteiger charge is 2.53. The van der Waals surface area contributed by atoms with Gasteiger partial charge in [0.15, 0.2) is 18.9 Å². The first kappa shape index (κ1) is 89.2. The molecule has 3 rings (SSSR count). The Bertz CT molecular complexity index is 1900. The predicted molar refractivity (Wildman–Crippen MR) is 383 cm³/mol. The SMILES string of the molecule is CCCCCCC/C=C\C/C=C\CCCCCCCCCCCCCCCCCCCCCC(=O)NC(COC1OC(CO)C(OC2OC(CO)C(OC3OC(CO)C(O)C(O)C3O)C(O)C2O)C(O)C1O)C(O)/C=C/CCCCCCCCCCCCCCCCCCCCC. The molecule has 570 valence electrons. The Balaban J connectivity index is 1.37. The highest BCUT2D eigenvalue weighted by Crippen LogP contribution is 2.33. The molecule has 3 aliphatic rings. The second kappa shape index (κ2) is 59.4. The van der Waals surface area contributed by atoms with E-state index in [2.05, 4.69) is 43.5 Å². The lowest BCUT2D eigenvalue weighted by Crippen LogP contribution is -2.66. The number of aliphatic hydroxyl groups is 11. The molecule has 17 atom stereocenters. The van der Waals surface area contributed by atoms with Gasteiger partial charge in [0.05, 0.1) is 38.6 Å². The highest BCUT2D eigenvalue weighted by molar-refractivity contribution is 5.76. The van der Waals surface area contributed by atoms with Crippen molar-refractivity contribution in [3.05, 3.63) is 36.5 Å². The molecule has 19 heteroatoms. The molecule has 1 amide bonds. The van der Waals surface area contributed by atoms with Crippen LogP contribution in [0.3, 0.4) is 0 Å². The quantitative estimate of drug-likeness (QED) is 0.0199. The standard InChI is InChI=1S/C78H145NO18/c1-3-5-7-9-11-13-15-17-19-21-23-25-26-27-28-29-30-31-32-33-34-36-38-40-42-44-46-48-50-52-54-56-66(84)79-61(62(83)55-53-51-49-47-45-43-41-39-37-35-24-22-20-18-16-14-12-10-8-6-4-2)60-92-76-72(90)69(87)74(64(58-81)94-76)97-78-73(91)70(88)75(65(59-82)95-78)96-77-71(89)68(86)67(85)63(57-80)93-77/h15,17,21,23,53,55,61-65,67-78,80-83,85-91H,3-14,16,18-20,22,24-52,54,56-60H2,1-2H3,(H,79,84)/b17-15-,23-21-,55-53+. The van der Waals surface area contributed by atoms with Crippen molar-refractivity contribution in [2.45, 2.75) is 426 Å². The summed E-state index contributed by atoms with van der Waals surface area (Å²) in [5.74, 6) is -0.270. The van der Waals surface area contributed by atoms with Gasteiger partial charge >= 0.3 is 0 Å². The van der Waals surface area contributed by atoms with Crippen molar-refractivity contribution in [1.29, 1.82) is 0 Å². The summed E-state index contributed by atoms with van der Waals surface area (Å²) in [7, 11) is 0. The van der Waals surface area contributed by atoms with Crippen molar-refractivity contribution in [2.24, 2.45) is 0 Å². The number of unbranched alkanes of at least 4 members (excludes halogenated alkanes) is 43. The molecule has 97 heavy (non-hydrogen) atoms. The molecule has 3 saturated heterocycles. The number of carbonyl (C=O) groups excluding carboxylic acids is 1. The Kier molecular flexibility index (Phi) is 54.6. The lowest BCUT2D eigenvalue weighted by Gasteiger charge is -2.48. The normalized spacial score (nSPS) is 27.0. The number of rotatable bonds is 63. The van der Waals surface area contributed by atoms with Crippen LogP contribution in [0.15, 0.2) is 36.5 Å². The first-order valence-corrected chi connectivity index (χ1v) is 39.7. The van der Waals surface area contributed by atoms with Crippen LogP contribution in [0.4, 0.5) is 0 Å². The number of nitrogens with one attached hydrogen (secondary N) is 1. The van der Waals surface area contributed by atoms with Gasteiger partial charge < -0.3 is 89.9 Å². The molecular formula is C78H145NO18. The van der Waals surface area contributed by atoms with Crippen molar-refractivity contribution in [1.82, 2.24) is 5.32 Å². The molecule has 0 aromatic carbocycles. The van der Waals surface area contributed by atoms with Crippen molar-refractivity contribution >= 4 is 5.91 Å². The van der Waals surface area contributed by atoms with Gasteiger partial charge in [0.1, 0.15) is 73.2 Å². The molecular weight excluding hydrogens is 1240 g/mol. The molecule has 3 aliphatic heterocycles. The summed E-state index contributed by atoms with van der Waals surface area (Å²) in [4.78, 5) is 13.5. The van der Waals surface area contributed by atoms with E-state index in [-0.39, 0.29) is 18.9 Å². The van der Waals surface area contributed by atoms with Crippen LogP contribution >= 0.6 is 0 Å². The maximum Gasteiger partial charge on any atom is 0.220 e. The Morgan fingerprint density at radius 2 is 0.680 bits per heavy atom. The average Bonchev–Trinajstić information content (AvgIpc) is 0.798. The van der Waals surface area contributed by atoms with Crippen LogP contribution in [0.25, 0.3) is 0 Å². The van der Waals surface area contributed by atoms with Crippen LogP contribution in [0.5, 0.6) is 0 Å². The van der Waals surface area contributed by atoms with Crippen molar-refractivity contribution in [2.75, 3.05) is 26.4 Å². The van der Waals surface area contributed by atoms with Crippen LogP contribution in [0.1, 0.15) is 322 Å². The van der Waals surface area contributed by atoms with E-state index < -0.39 is 124 Å². The molecule has 0 radical (unpaired) electrons. The third-order valence-corrected chi connectivity index (χ3v) is 19.9. The third-order valence-electron chi connectivity index (χ3n) is 19.9. The lowest BCUT2D eigenvalue weighted by atomic mass is 9.96. The van der Waals surface area contributed by atoms with Crippen molar-refractivity contribution < 1.29 is 89.4 Å². The van der Waals surface area contributed by atoms with E-state index in [1.54, 1.807) is 6.08 Å². The van der Waals surface area contributed by atoms with Gasteiger partial charge in [-0.3, -0.25) is 4.79 Å². The Hall–Kier alpha value is -1.99. The number of ether oxygens (including phenoxy) is 6. The topological polar surface area (TPSA) is 307 Å². The fraction of sp³-hybridized carbons (Fsp3) is 0.910. The zero-order valence-corrected chi connectivity index (χ0v) is 60.8. The van der Waals surface area contributed by atoms with Crippen molar-refractivity contribution in [3.63, 3.8) is 0 Å². The van der Waals surface area contributed by atoms with E-state index in [4.69, 9.17) is 28.4 Å². The number of aliphatic hydroxyl groups excluding tert-OH is 11. The van der Waals surface area contributed by atoms with Gasteiger partial charge in [-0.1, -0.05) is 301 Å². The molecule has 0 saturated carbocycles. The van der Waals surface area contributed by atoms with Crippen LogP contribution in [0.2, 0.25) is 0 Å². The summed E-state index contributed by atoms with van der Waals surface area (Å²) in [5, 5.41) is 121. The molecule has 19 nitrogen and oxygen atoms in total. The molecule has 0 aliphatic carbocycles. The van der Waals surface area contributed by atoms with Gasteiger partial charge in [-0.2, -0.15) is 0 Å². The minimum absolute atomic E-state index is 0.247. The first-order chi connectivity index (χ1) is 47.3. The zero-order chi connectivity index (χ0) is 70.4. The van der Waals surface area contributed by atoms with Gasteiger partial charge in [-0.25, -0.2) is 0 Å². The van der Waals surface area contributed by atoms with E-state index >= 15 is 0 Å². The molecule has 3 heterocycles. The summed E-state index contributed by atoms with van der Waals surface area (Å²) in [6, 6.07) is -0.973. The van der Waals surface area contributed by atoms with E-state index in [0.29, 0.717) is 6.42 Å². The van der Waals surface area contributed by atoms with E-state index in [9.17, 15) is 61.0 Å². The molecule has 0 aromatic heterocycles. The third kappa shape index (κ3) is 40.0. The monoisotopic (exact) mass is 1380 g/mol. The second-order valence-electron chi connectivity index (χ2n) is 28.5. The van der Waals surface area contributed by atoms with Crippen LogP contribution in [0, 0.1) is 0 Å². The van der Waals surface area contributed by atoms with Gasteiger partial charge in [-0.05, 0) is 51.4 Å². The summed E-state index contributed by atoms with van der Waals surface area (Å²) < 4.78 is 34.4. The van der Waals surface area contributed by atoms with E-state index in [0.717, 1.165) is 51.4 Å². The highest BCUT2D eigenvalue weighted by atomic mass is 16.8. The van der Waals surface area contributed by atoms with Gasteiger partial charge in [0.25, 0.3) is 0 Å². The van der Waals surface area contributed by atoms with Gasteiger partial charge in [0, 0.05) is 6.42 Å². The first-order valence-electron chi connectivity index (χ1n) is 39.7. The molecule has 0 aromatic rings. The zero-order valence-electron chi connectivity index (χ0n) is 60.8. The smallest absolute Gasteiger partial charge is 0.220 e. The Morgan fingerprint density at radius 3 is 1.05 bits per heavy atom. The lowest BCUT2D eigenvalue weighted by molar-refractivity contribution is -0.379. The van der Waals surface area contributed by atoms with Gasteiger partial charge in [0.2, 0.25) is 5.91 Å². The second-order valence-corrected chi connectivity index (χ2v) is 28.5. The van der Waals surface area contributed by atoms with Gasteiger partial charge in [-0.15, -0.1) is 0 Å². The van der Waals surface area contributed by atoms with Crippen LogP contribution in [-0.4, -0.2) is 193 Å². The number of allylic oxidation sites excluding steroid dienone is 5. The molecule has 0 spiro atoms. The minimum Gasteiger partial charge on any atom is -0.394 e. The largest absolute Gasteiger partial charge is 0.394 e. The van der Waals surface area contributed by atoms with E-state index in [1.807, 2.05) is 6.08 Å². The maximum absolute atomic E-state index is 13.5. The summed E-state index contributed by atoms with van der Waals surface area (Å²) in [6.45, 7) is 1.77. The maximum atomic E-state index is 13.5. The fourth-order valence-corrected chi connectivity index (χ4v) is 13.5. The molecule has 3 fully saturated rings. The Labute approximate surface area is 587 Å². The van der Waals surface area contributed by atoms with Crippen molar-refractivity contribution in [3.8, 4) is 0 Å². The Morgan fingerprint density at radius 1 is 0.371 bits per heavy atom. The fourth-order valence-electron chi connectivity index (χ4n) is 13.5. The van der Waals surface area contributed by atoms with Crippen LogP contribution < -0.4 is 5.32 Å². The number of carbonyl (C=O) groups is 1. The minimum atomic E-state index is -1.98. The van der Waals surface area contributed by atoms with E-state index in [1.165, 1.54) is 244 Å². The average molecular weight is 1390 g/mol. The molecule has 12 N–H and O–H groups in total. The summed E-state index contributed by atoms with van der Waals surface area (Å²) in [6.07, 6.45) is 45.5. The summed E-state index contributed by atoms with van der Waals surface area (Å²) in [5.41, 5.74) is 0. The summed E-state index contributed by atoms with van der Waals surface area (Å²) >= 11 is 0. The molecule has 17 unspecified atom stereocenters.